The van der Waals surface area contributed by atoms with Crippen LogP contribution >= 0.6 is 11.6 Å². The number of carbonyl (C=O) groups excluding carboxylic acids is 2. The first kappa shape index (κ1) is 17.5. The summed E-state index contributed by atoms with van der Waals surface area (Å²) in [6.07, 6.45) is 0.862. The largest absolute Gasteiger partial charge is 0.273 e. The topological polar surface area (TPSA) is 71.1 Å². The first-order chi connectivity index (χ1) is 13.0. The number of aromatic nitrogens is 1. The van der Waals surface area contributed by atoms with E-state index < -0.39 is 0 Å². The van der Waals surface area contributed by atoms with Crippen molar-refractivity contribution in [2.45, 2.75) is 13.3 Å². The van der Waals surface area contributed by atoms with Crippen molar-refractivity contribution in [2.75, 3.05) is 0 Å². The maximum Gasteiger partial charge on any atom is 0.270 e. The number of carbonyl (C=O) groups is 2. The first-order valence-corrected chi connectivity index (χ1v) is 9.16. The normalized spacial score (nSPS) is 18.1. The number of hydrogen-bond donors (Lipinski definition) is 2. The van der Waals surface area contributed by atoms with E-state index >= 15 is 0 Å². The molecule has 1 saturated carbocycles. The van der Waals surface area contributed by atoms with E-state index in [1.54, 1.807) is 18.2 Å². The second-order valence-corrected chi connectivity index (χ2v) is 7.28. The Kier molecular flexibility index (Phi) is 4.54. The summed E-state index contributed by atoms with van der Waals surface area (Å²) < 4.78 is 0. The van der Waals surface area contributed by atoms with E-state index in [2.05, 4.69) is 15.8 Å². The van der Waals surface area contributed by atoms with Crippen LogP contribution in [0.3, 0.4) is 0 Å². The number of rotatable bonds is 3. The number of pyridine rings is 1. The van der Waals surface area contributed by atoms with Crippen LogP contribution in [0.2, 0.25) is 5.02 Å². The Hall–Kier alpha value is -2.92. The van der Waals surface area contributed by atoms with Gasteiger partial charge in [0.05, 0.1) is 16.8 Å². The van der Waals surface area contributed by atoms with E-state index in [1.165, 1.54) is 0 Å². The number of hydrogen-bond acceptors (Lipinski definition) is 3. The molecule has 27 heavy (non-hydrogen) atoms. The summed E-state index contributed by atoms with van der Waals surface area (Å²) in [6.45, 7) is 2.01. The highest BCUT2D eigenvalue weighted by molar-refractivity contribution is 6.30. The number of fused-ring (bicyclic) bond motifs is 1. The molecule has 2 unspecified atom stereocenters. The highest BCUT2D eigenvalue weighted by Crippen LogP contribution is 2.37. The van der Waals surface area contributed by atoms with Gasteiger partial charge in [0.2, 0.25) is 5.91 Å². The summed E-state index contributed by atoms with van der Waals surface area (Å²) >= 11 is 5.96. The molecule has 3 aromatic rings. The number of amides is 2. The molecule has 136 valence electrons. The zero-order valence-corrected chi connectivity index (χ0v) is 15.5. The summed E-state index contributed by atoms with van der Waals surface area (Å²) in [5.41, 5.74) is 7.74. The third-order valence-corrected chi connectivity index (χ3v) is 5.10. The highest BCUT2D eigenvalue weighted by Gasteiger charge is 2.39. The third kappa shape index (κ3) is 3.64. The van der Waals surface area contributed by atoms with Gasteiger partial charge < -0.3 is 0 Å². The summed E-state index contributed by atoms with van der Waals surface area (Å²) in [6, 6.07) is 16.4. The zero-order chi connectivity index (χ0) is 19.0. The molecule has 2 amide bonds. The van der Waals surface area contributed by atoms with E-state index in [1.807, 2.05) is 43.3 Å². The molecular weight excluding hydrogens is 362 g/mol. The van der Waals surface area contributed by atoms with Gasteiger partial charge >= 0.3 is 0 Å². The van der Waals surface area contributed by atoms with Gasteiger partial charge in [-0.15, -0.1) is 0 Å². The fraction of sp³-hybridized carbons (Fsp3) is 0.190. The molecule has 5 nitrogen and oxygen atoms in total. The van der Waals surface area contributed by atoms with Crippen molar-refractivity contribution in [3.63, 3.8) is 0 Å². The van der Waals surface area contributed by atoms with Crippen LogP contribution in [-0.2, 0) is 4.79 Å². The second kappa shape index (κ2) is 7.00. The number of halogens is 1. The fourth-order valence-electron chi connectivity index (χ4n) is 3.10. The molecule has 2 aromatic carbocycles. The van der Waals surface area contributed by atoms with E-state index in [9.17, 15) is 9.59 Å². The molecule has 0 aliphatic heterocycles. The lowest BCUT2D eigenvalue weighted by Crippen LogP contribution is -2.42. The van der Waals surface area contributed by atoms with E-state index in [0.717, 1.165) is 17.4 Å². The zero-order valence-electron chi connectivity index (χ0n) is 14.7. The first-order valence-electron chi connectivity index (χ1n) is 8.79. The fourth-order valence-corrected chi connectivity index (χ4v) is 3.22. The number of para-hydroxylation sites is 1. The van der Waals surface area contributed by atoms with Crippen molar-refractivity contribution in [2.24, 2.45) is 11.8 Å². The summed E-state index contributed by atoms with van der Waals surface area (Å²) in [7, 11) is 0. The SMILES string of the molecule is CC1CC1C(=O)NNC(=O)c1cc(-c2ccc(Cl)cc2)nc2ccccc12. The van der Waals surface area contributed by atoms with E-state index in [4.69, 9.17) is 11.6 Å². The third-order valence-electron chi connectivity index (χ3n) is 4.85. The van der Waals surface area contributed by atoms with Gasteiger partial charge in [0, 0.05) is 21.9 Å². The minimum atomic E-state index is -0.370. The lowest BCUT2D eigenvalue weighted by Gasteiger charge is -2.11. The smallest absolute Gasteiger partial charge is 0.270 e. The van der Waals surface area contributed by atoms with Gasteiger partial charge in [0.1, 0.15) is 0 Å². The molecule has 0 bridgehead atoms. The maximum absolute atomic E-state index is 12.8. The van der Waals surface area contributed by atoms with Crippen molar-refractivity contribution >= 4 is 34.3 Å². The van der Waals surface area contributed by atoms with Crippen molar-refractivity contribution in [1.29, 1.82) is 0 Å². The second-order valence-electron chi connectivity index (χ2n) is 6.84. The van der Waals surface area contributed by atoms with Crippen molar-refractivity contribution < 1.29 is 9.59 Å². The van der Waals surface area contributed by atoms with Crippen molar-refractivity contribution in [1.82, 2.24) is 15.8 Å². The molecule has 0 saturated heterocycles. The van der Waals surface area contributed by atoms with Gasteiger partial charge in [-0.3, -0.25) is 20.4 Å². The van der Waals surface area contributed by atoms with Gasteiger partial charge in [-0.2, -0.15) is 0 Å². The molecular formula is C21H18ClN3O2. The van der Waals surface area contributed by atoms with Gasteiger partial charge in [0.25, 0.3) is 5.91 Å². The molecule has 0 spiro atoms. The van der Waals surface area contributed by atoms with E-state index in [0.29, 0.717) is 27.7 Å². The Labute approximate surface area is 161 Å². The molecule has 2 N–H and O–H groups in total. The average molecular weight is 380 g/mol. The molecule has 0 radical (unpaired) electrons. The Balaban J connectivity index is 1.66. The van der Waals surface area contributed by atoms with Crippen LogP contribution < -0.4 is 10.9 Å². The molecule has 4 rings (SSSR count). The number of nitrogens with zero attached hydrogens (tertiary/aromatic N) is 1. The van der Waals surface area contributed by atoms with Crippen LogP contribution in [0.15, 0.2) is 54.6 Å². The van der Waals surface area contributed by atoms with Gasteiger partial charge in [-0.25, -0.2) is 4.98 Å². The van der Waals surface area contributed by atoms with Crippen LogP contribution in [0.4, 0.5) is 0 Å². The van der Waals surface area contributed by atoms with Crippen LogP contribution in [0.1, 0.15) is 23.7 Å². The summed E-state index contributed by atoms with van der Waals surface area (Å²) in [5.74, 6) is -0.151. The Morgan fingerprint density at radius 3 is 2.48 bits per heavy atom. The molecule has 2 atom stereocenters. The van der Waals surface area contributed by atoms with Crippen LogP contribution in [0.25, 0.3) is 22.2 Å². The maximum atomic E-state index is 12.8. The number of benzene rings is 2. The van der Waals surface area contributed by atoms with Gasteiger partial charge in [-0.05, 0) is 36.6 Å². The van der Waals surface area contributed by atoms with Crippen molar-refractivity contribution in [3.05, 3.63) is 65.2 Å². The molecule has 1 aliphatic rings. The quantitative estimate of drug-likeness (QED) is 0.676. The van der Waals surface area contributed by atoms with Gasteiger partial charge in [-0.1, -0.05) is 48.9 Å². The lowest BCUT2D eigenvalue weighted by molar-refractivity contribution is -0.123. The number of nitrogens with one attached hydrogen (secondary N) is 2. The van der Waals surface area contributed by atoms with Crippen molar-refractivity contribution in [3.8, 4) is 11.3 Å². The molecule has 1 fully saturated rings. The molecule has 6 heteroatoms. The molecule has 1 aromatic heterocycles. The molecule has 1 aliphatic carbocycles. The predicted octanol–water partition coefficient (Wildman–Crippen LogP) is 3.97. The van der Waals surface area contributed by atoms with Crippen LogP contribution in [0.5, 0.6) is 0 Å². The van der Waals surface area contributed by atoms with E-state index in [-0.39, 0.29) is 17.7 Å². The Morgan fingerprint density at radius 1 is 1.07 bits per heavy atom. The predicted molar refractivity (Wildman–Crippen MR) is 105 cm³/mol. The highest BCUT2D eigenvalue weighted by atomic mass is 35.5. The standard InChI is InChI=1S/C21H18ClN3O2/c1-12-10-16(12)20(26)24-25-21(27)17-11-19(13-6-8-14(22)9-7-13)23-18-5-3-2-4-15(17)18/h2-9,11-12,16H,10H2,1H3,(H,24,26)(H,25,27). The van der Waals surface area contributed by atoms with Crippen LogP contribution in [0, 0.1) is 11.8 Å². The Bertz CT molecular complexity index is 1030. The molecule has 1 heterocycles. The summed E-state index contributed by atoms with van der Waals surface area (Å²) in [5, 5.41) is 1.36. The number of hydrazine groups is 1. The minimum absolute atomic E-state index is 0.0101. The van der Waals surface area contributed by atoms with Gasteiger partial charge in [0.15, 0.2) is 0 Å². The lowest BCUT2D eigenvalue weighted by atomic mass is 10.0. The monoisotopic (exact) mass is 379 g/mol. The minimum Gasteiger partial charge on any atom is -0.273 e. The van der Waals surface area contributed by atoms with Crippen LogP contribution in [-0.4, -0.2) is 16.8 Å². The Morgan fingerprint density at radius 2 is 1.78 bits per heavy atom. The average Bonchev–Trinajstić information content (AvgIpc) is 3.42. The summed E-state index contributed by atoms with van der Waals surface area (Å²) in [4.78, 5) is 29.4.